The predicted molar refractivity (Wildman–Crippen MR) is 51.3 cm³/mol. The van der Waals surface area contributed by atoms with Crippen molar-refractivity contribution in [2.24, 2.45) is 10.6 Å². The number of unbranched alkanes of at least 4 members (excludes halogenated alkanes) is 1. The number of primary sulfonamides is 1. The third kappa shape index (κ3) is 9.91. The van der Waals surface area contributed by atoms with Crippen LogP contribution in [0.3, 0.4) is 0 Å². The van der Waals surface area contributed by atoms with Gasteiger partial charge in [0.25, 0.3) is 0 Å². The summed E-state index contributed by atoms with van der Waals surface area (Å²) >= 11 is 0. The third-order valence-corrected chi connectivity index (χ3v) is 2.46. The Morgan fingerprint density at radius 3 is 2.00 bits per heavy atom. The van der Waals surface area contributed by atoms with Gasteiger partial charge in [0.2, 0.25) is 10.0 Å². The number of rotatable bonds is 4. The van der Waals surface area contributed by atoms with Crippen LogP contribution in [0.1, 0.15) is 40.0 Å². The molecule has 0 aromatic rings. The smallest absolute Gasteiger partial charge is 0.209 e. The molecule has 12 heavy (non-hydrogen) atoms. The van der Waals surface area contributed by atoms with E-state index in [1.165, 1.54) is 0 Å². The summed E-state index contributed by atoms with van der Waals surface area (Å²) in [6.07, 6.45) is 2.65. The van der Waals surface area contributed by atoms with Crippen molar-refractivity contribution in [2.75, 3.05) is 5.75 Å². The van der Waals surface area contributed by atoms with E-state index in [2.05, 4.69) is 20.8 Å². The molecular formula is C8H19NO2S. The van der Waals surface area contributed by atoms with Crippen LogP contribution >= 0.6 is 0 Å². The molecule has 0 heterocycles. The zero-order valence-corrected chi connectivity index (χ0v) is 8.95. The summed E-state index contributed by atoms with van der Waals surface area (Å²) in [4.78, 5) is 0. The highest BCUT2D eigenvalue weighted by Crippen LogP contribution is 2.21. The van der Waals surface area contributed by atoms with Crippen molar-refractivity contribution in [1.82, 2.24) is 0 Å². The van der Waals surface area contributed by atoms with Gasteiger partial charge in [-0.15, -0.1) is 0 Å². The van der Waals surface area contributed by atoms with Crippen molar-refractivity contribution < 1.29 is 8.42 Å². The number of sulfonamides is 1. The fourth-order valence-corrected chi connectivity index (χ4v) is 1.57. The van der Waals surface area contributed by atoms with Gasteiger partial charge in [-0.25, -0.2) is 13.6 Å². The van der Waals surface area contributed by atoms with E-state index in [-0.39, 0.29) is 5.75 Å². The number of hydrogen-bond acceptors (Lipinski definition) is 2. The van der Waals surface area contributed by atoms with E-state index in [0.29, 0.717) is 11.8 Å². The molecule has 0 rings (SSSR count). The van der Waals surface area contributed by atoms with E-state index in [1.54, 1.807) is 0 Å². The van der Waals surface area contributed by atoms with Crippen LogP contribution in [0.4, 0.5) is 0 Å². The van der Waals surface area contributed by atoms with Crippen molar-refractivity contribution in [3.05, 3.63) is 0 Å². The van der Waals surface area contributed by atoms with E-state index in [0.717, 1.165) is 12.8 Å². The van der Waals surface area contributed by atoms with Gasteiger partial charge in [-0.05, 0) is 18.3 Å². The quantitative estimate of drug-likeness (QED) is 0.688. The summed E-state index contributed by atoms with van der Waals surface area (Å²) in [6, 6.07) is 0. The van der Waals surface area contributed by atoms with Gasteiger partial charge in [-0.2, -0.15) is 0 Å². The molecule has 0 aromatic carbocycles. The maximum Gasteiger partial charge on any atom is 0.209 e. The molecule has 2 N–H and O–H groups in total. The Labute approximate surface area is 75.4 Å². The zero-order chi connectivity index (χ0) is 9.83. The Hall–Kier alpha value is -0.0900. The molecular weight excluding hydrogens is 174 g/mol. The summed E-state index contributed by atoms with van der Waals surface area (Å²) in [6.45, 7) is 6.43. The van der Waals surface area contributed by atoms with Gasteiger partial charge in [-0.1, -0.05) is 27.2 Å². The van der Waals surface area contributed by atoms with E-state index in [1.807, 2.05) is 0 Å². The monoisotopic (exact) mass is 193 g/mol. The standard InChI is InChI=1S/C8H19NO2S/c1-8(2,3)6-4-5-7-12(9,10)11/h4-7H2,1-3H3,(H2,9,10,11). The maximum absolute atomic E-state index is 10.5. The first-order chi connectivity index (χ1) is 5.21. The van der Waals surface area contributed by atoms with E-state index < -0.39 is 10.0 Å². The molecule has 0 aliphatic carbocycles. The molecule has 0 aromatic heterocycles. The lowest BCUT2D eigenvalue weighted by Crippen LogP contribution is -2.16. The van der Waals surface area contributed by atoms with Gasteiger partial charge in [0, 0.05) is 0 Å². The summed E-state index contributed by atoms with van der Waals surface area (Å²) in [5.41, 5.74) is 0.290. The van der Waals surface area contributed by atoms with E-state index in [9.17, 15) is 8.42 Å². The Kier molecular flexibility index (Phi) is 4.20. The van der Waals surface area contributed by atoms with Gasteiger partial charge in [0.05, 0.1) is 5.75 Å². The third-order valence-electron chi connectivity index (χ3n) is 1.61. The van der Waals surface area contributed by atoms with Crippen LogP contribution < -0.4 is 5.14 Å². The molecule has 0 saturated carbocycles. The highest BCUT2D eigenvalue weighted by Gasteiger charge is 2.10. The van der Waals surface area contributed by atoms with Crippen LogP contribution in [0.15, 0.2) is 0 Å². The second kappa shape index (κ2) is 4.23. The molecule has 0 fully saturated rings. The van der Waals surface area contributed by atoms with E-state index in [4.69, 9.17) is 5.14 Å². The number of hydrogen-bond donors (Lipinski definition) is 1. The zero-order valence-electron chi connectivity index (χ0n) is 8.13. The van der Waals surface area contributed by atoms with Gasteiger partial charge in [0.15, 0.2) is 0 Å². The molecule has 74 valence electrons. The lowest BCUT2D eigenvalue weighted by Gasteiger charge is -2.17. The van der Waals surface area contributed by atoms with Crippen molar-refractivity contribution in [1.29, 1.82) is 0 Å². The Morgan fingerprint density at radius 2 is 1.67 bits per heavy atom. The minimum atomic E-state index is -3.24. The first kappa shape index (κ1) is 11.9. The Morgan fingerprint density at radius 1 is 1.17 bits per heavy atom. The van der Waals surface area contributed by atoms with Gasteiger partial charge < -0.3 is 0 Å². The molecule has 0 spiro atoms. The average molecular weight is 193 g/mol. The number of nitrogens with two attached hydrogens (primary N) is 1. The lowest BCUT2D eigenvalue weighted by atomic mass is 9.90. The molecule has 0 atom stereocenters. The molecule has 0 aliphatic heterocycles. The Bertz CT molecular complexity index is 214. The fourth-order valence-electron chi connectivity index (χ4n) is 0.959. The average Bonchev–Trinajstić information content (AvgIpc) is 1.76. The SMILES string of the molecule is CC(C)(C)CCCCS(N)(=O)=O. The molecule has 0 amide bonds. The second-order valence-corrected chi connectivity index (χ2v) is 6.12. The van der Waals surface area contributed by atoms with Crippen molar-refractivity contribution in [3.63, 3.8) is 0 Å². The summed E-state index contributed by atoms with van der Waals surface area (Å²) < 4.78 is 21.1. The fraction of sp³-hybridized carbons (Fsp3) is 1.00. The van der Waals surface area contributed by atoms with Gasteiger partial charge >= 0.3 is 0 Å². The van der Waals surface area contributed by atoms with Gasteiger partial charge in [0.1, 0.15) is 0 Å². The first-order valence-electron chi connectivity index (χ1n) is 4.21. The lowest BCUT2D eigenvalue weighted by molar-refractivity contribution is 0.363. The Balaban J connectivity index is 3.48. The molecule has 4 heteroatoms. The molecule has 0 aliphatic rings. The van der Waals surface area contributed by atoms with Crippen molar-refractivity contribution >= 4 is 10.0 Å². The summed E-state index contributed by atoms with van der Waals surface area (Å²) in [5, 5.41) is 4.86. The van der Waals surface area contributed by atoms with Crippen LogP contribution in [0.2, 0.25) is 0 Å². The summed E-state index contributed by atoms with van der Waals surface area (Å²) in [7, 11) is -3.24. The predicted octanol–water partition coefficient (Wildman–Crippen LogP) is 1.49. The molecule has 0 bridgehead atoms. The highest BCUT2D eigenvalue weighted by molar-refractivity contribution is 7.89. The minimum absolute atomic E-state index is 0.114. The highest BCUT2D eigenvalue weighted by atomic mass is 32.2. The van der Waals surface area contributed by atoms with Crippen LogP contribution in [0, 0.1) is 5.41 Å². The van der Waals surface area contributed by atoms with Crippen LogP contribution in [0.25, 0.3) is 0 Å². The second-order valence-electron chi connectivity index (χ2n) is 4.38. The first-order valence-corrected chi connectivity index (χ1v) is 5.93. The molecule has 0 radical (unpaired) electrons. The normalized spacial score (nSPS) is 13.3. The topological polar surface area (TPSA) is 60.2 Å². The van der Waals surface area contributed by atoms with E-state index >= 15 is 0 Å². The largest absolute Gasteiger partial charge is 0.229 e. The molecule has 3 nitrogen and oxygen atoms in total. The maximum atomic E-state index is 10.5. The summed E-state index contributed by atoms with van der Waals surface area (Å²) in [5.74, 6) is 0.114. The van der Waals surface area contributed by atoms with Gasteiger partial charge in [-0.3, -0.25) is 0 Å². The van der Waals surface area contributed by atoms with Crippen LogP contribution in [-0.2, 0) is 10.0 Å². The molecule has 0 saturated heterocycles. The minimum Gasteiger partial charge on any atom is -0.229 e. The van der Waals surface area contributed by atoms with Crippen LogP contribution in [-0.4, -0.2) is 14.2 Å². The van der Waals surface area contributed by atoms with Crippen molar-refractivity contribution in [2.45, 2.75) is 40.0 Å². The van der Waals surface area contributed by atoms with Crippen LogP contribution in [0.5, 0.6) is 0 Å². The molecule has 0 unspecified atom stereocenters. The van der Waals surface area contributed by atoms with Crippen molar-refractivity contribution in [3.8, 4) is 0 Å².